The number of nitrogens with one attached hydrogen (secondary N) is 1. The van der Waals surface area contributed by atoms with Crippen molar-refractivity contribution in [1.82, 2.24) is 9.88 Å². The van der Waals surface area contributed by atoms with Crippen LogP contribution in [-0.4, -0.2) is 22.2 Å². The average molecular weight is 236 g/mol. The number of benzene rings is 1. The summed E-state index contributed by atoms with van der Waals surface area (Å²) >= 11 is 0. The van der Waals surface area contributed by atoms with E-state index in [2.05, 4.69) is 5.32 Å². The van der Waals surface area contributed by atoms with E-state index in [1.807, 2.05) is 0 Å². The van der Waals surface area contributed by atoms with Gasteiger partial charge in [0.05, 0.1) is 5.52 Å². The van der Waals surface area contributed by atoms with Crippen molar-refractivity contribution < 1.29 is 14.3 Å². The Kier molecular flexibility index (Phi) is 2.97. The fraction of sp³-hybridized carbons (Fsp3) is 0.273. The van der Waals surface area contributed by atoms with Crippen LogP contribution in [0.2, 0.25) is 0 Å². The van der Waals surface area contributed by atoms with Crippen molar-refractivity contribution in [2.24, 2.45) is 7.05 Å². The molecule has 1 heterocycles. The van der Waals surface area contributed by atoms with Gasteiger partial charge in [0.2, 0.25) is 5.91 Å². The first-order chi connectivity index (χ1) is 8.11. The van der Waals surface area contributed by atoms with Crippen LogP contribution < -0.4 is 11.1 Å². The fourth-order valence-corrected chi connectivity index (χ4v) is 1.54. The molecular formula is C11H12N2O4. The largest absolute Gasteiger partial charge is 0.419 e. The lowest BCUT2D eigenvalue weighted by molar-refractivity contribution is -0.123. The van der Waals surface area contributed by atoms with Gasteiger partial charge in [-0.05, 0) is 17.7 Å². The van der Waals surface area contributed by atoms with E-state index in [4.69, 9.17) is 9.52 Å². The van der Waals surface area contributed by atoms with Gasteiger partial charge in [0.1, 0.15) is 6.61 Å². The summed E-state index contributed by atoms with van der Waals surface area (Å²) < 4.78 is 6.38. The molecule has 0 aliphatic carbocycles. The molecule has 0 fully saturated rings. The standard InChI is InChI=1S/C11H12N2O4/c1-13-8-4-7(5-12-10(15)6-14)2-3-9(8)17-11(13)16/h2-4,14H,5-6H2,1H3,(H,12,15). The third-order valence-electron chi connectivity index (χ3n) is 2.49. The topological polar surface area (TPSA) is 84.5 Å². The highest BCUT2D eigenvalue weighted by molar-refractivity contribution is 5.77. The number of aromatic nitrogens is 1. The van der Waals surface area contributed by atoms with Crippen LogP contribution in [0.25, 0.3) is 11.1 Å². The number of carbonyl (C=O) groups is 1. The van der Waals surface area contributed by atoms with Crippen molar-refractivity contribution in [3.63, 3.8) is 0 Å². The number of fused-ring (bicyclic) bond motifs is 1. The Hall–Kier alpha value is -2.08. The molecule has 2 N–H and O–H groups in total. The predicted octanol–water partition coefficient (Wildman–Crippen LogP) is -0.260. The number of oxazole rings is 1. The number of rotatable bonds is 3. The summed E-state index contributed by atoms with van der Waals surface area (Å²) in [4.78, 5) is 22.1. The van der Waals surface area contributed by atoms with Gasteiger partial charge in [-0.2, -0.15) is 0 Å². The number of aliphatic hydroxyl groups is 1. The zero-order chi connectivity index (χ0) is 12.4. The van der Waals surface area contributed by atoms with E-state index >= 15 is 0 Å². The summed E-state index contributed by atoms with van der Waals surface area (Å²) in [6, 6.07) is 5.19. The average Bonchev–Trinajstić information content (AvgIpc) is 2.62. The van der Waals surface area contributed by atoms with Crippen molar-refractivity contribution in [2.45, 2.75) is 6.54 Å². The van der Waals surface area contributed by atoms with E-state index < -0.39 is 18.3 Å². The molecule has 0 radical (unpaired) electrons. The Morgan fingerprint density at radius 1 is 1.53 bits per heavy atom. The molecule has 2 aromatic rings. The first-order valence-corrected chi connectivity index (χ1v) is 5.08. The SMILES string of the molecule is Cn1c(=O)oc2ccc(CNC(=O)CO)cc21. The first-order valence-electron chi connectivity index (χ1n) is 5.08. The number of nitrogens with zero attached hydrogens (tertiary/aromatic N) is 1. The maximum atomic E-state index is 11.3. The van der Waals surface area contributed by atoms with E-state index in [0.29, 0.717) is 17.6 Å². The second kappa shape index (κ2) is 4.42. The Morgan fingerprint density at radius 3 is 3.00 bits per heavy atom. The van der Waals surface area contributed by atoms with E-state index in [9.17, 15) is 9.59 Å². The second-order valence-corrected chi connectivity index (χ2v) is 3.66. The van der Waals surface area contributed by atoms with Crippen molar-refractivity contribution in [3.05, 3.63) is 34.3 Å². The summed E-state index contributed by atoms with van der Waals surface area (Å²) in [5, 5.41) is 11.1. The van der Waals surface area contributed by atoms with Crippen LogP contribution in [-0.2, 0) is 18.4 Å². The lowest BCUT2D eigenvalue weighted by Crippen LogP contribution is -2.25. The van der Waals surface area contributed by atoms with Gasteiger partial charge < -0.3 is 14.8 Å². The lowest BCUT2D eigenvalue weighted by atomic mass is 10.2. The third-order valence-corrected chi connectivity index (χ3v) is 2.49. The molecule has 1 amide bonds. The molecule has 1 aromatic carbocycles. The molecule has 6 heteroatoms. The summed E-state index contributed by atoms with van der Waals surface area (Å²) in [7, 11) is 1.62. The molecule has 0 unspecified atom stereocenters. The van der Waals surface area contributed by atoms with Gasteiger partial charge >= 0.3 is 5.76 Å². The Bertz CT molecular complexity index is 611. The molecule has 17 heavy (non-hydrogen) atoms. The van der Waals surface area contributed by atoms with Gasteiger partial charge in [-0.1, -0.05) is 6.07 Å². The van der Waals surface area contributed by atoms with Crippen molar-refractivity contribution in [2.75, 3.05) is 6.61 Å². The molecule has 90 valence electrons. The maximum absolute atomic E-state index is 11.3. The number of amides is 1. The number of aryl methyl sites for hydroxylation is 1. The van der Waals surface area contributed by atoms with Crippen LogP contribution in [0, 0.1) is 0 Å². The summed E-state index contributed by atoms with van der Waals surface area (Å²) in [6.45, 7) is -0.235. The van der Waals surface area contributed by atoms with Crippen LogP contribution >= 0.6 is 0 Å². The van der Waals surface area contributed by atoms with E-state index in [0.717, 1.165) is 5.56 Å². The third kappa shape index (κ3) is 2.21. The predicted molar refractivity (Wildman–Crippen MR) is 60.4 cm³/mol. The highest BCUT2D eigenvalue weighted by Gasteiger charge is 2.06. The minimum Gasteiger partial charge on any atom is -0.408 e. The number of hydrogen-bond donors (Lipinski definition) is 2. The molecule has 2 rings (SSSR count). The molecule has 0 bridgehead atoms. The van der Waals surface area contributed by atoms with Crippen molar-refractivity contribution in [3.8, 4) is 0 Å². The van der Waals surface area contributed by atoms with Gasteiger partial charge in [-0.15, -0.1) is 0 Å². The van der Waals surface area contributed by atoms with Crippen LogP contribution in [0.3, 0.4) is 0 Å². The Balaban J connectivity index is 2.28. The smallest absolute Gasteiger partial charge is 0.408 e. The molecule has 1 aromatic heterocycles. The zero-order valence-electron chi connectivity index (χ0n) is 9.27. The van der Waals surface area contributed by atoms with E-state index in [1.165, 1.54) is 4.57 Å². The number of hydrogen-bond acceptors (Lipinski definition) is 4. The van der Waals surface area contributed by atoms with Gasteiger partial charge in [0.25, 0.3) is 0 Å². The Morgan fingerprint density at radius 2 is 2.29 bits per heavy atom. The van der Waals surface area contributed by atoms with Crippen molar-refractivity contribution in [1.29, 1.82) is 0 Å². The first kappa shape index (κ1) is 11.4. The minimum atomic E-state index is -0.535. The van der Waals surface area contributed by atoms with Gasteiger partial charge in [-0.3, -0.25) is 9.36 Å². The van der Waals surface area contributed by atoms with Crippen LogP contribution in [0.4, 0.5) is 0 Å². The molecule has 6 nitrogen and oxygen atoms in total. The minimum absolute atomic E-state index is 0.300. The molecule has 0 aliphatic heterocycles. The van der Waals surface area contributed by atoms with Crippen LogP contribution in [0.5, 0.6) is 0 Å². The summed E-state index contributed by atoms with van der Waals surface area (Å²) in [5.74, 6) is -0.859. The number of aliphatic hydroxyl groups excluding tert-OH is 1. The van der Waals surface area contributed by atoms with Gasteiger partial charge in [0.15, 0.2) is 5.58 Å². The molecule has 0 spiro atoms. The quantitative estimate of drug-likeness (QED) is 0.769. The second-order valence-electron chi connectivity index (χ2n) is 3.66. The van der Waals surface area contributed by atoms with Crippen LogP contribution in [0.1, 0.15) is 5.56 Å². The van der Waals surface area contributed by atoms with Gasteiger partial charge in [0, 0.05) is 13.6 Å². The fourth-order valence-electron chi connectivity index (χ4n) is 1.54. The summed E-state index contributed by atoms with van der Waals surface area (Å²) in [6.07, 6.45) is 0. The molecule has 0 atom stereocenters. The molecule has 0 aliphatic rings. The van der Waals surface area contributed by atoms with Crippen LogP contribution in [0.15, 0.2) is 27.4 Å². The maximum Gasteiger partial charge on any atom is 0.419 e. The Labute approximate surface area is 96.5 Å². The monoisotopic (exact) mass is 236 g/mol. The molecule has 0 saturated carbocycles. The number of carbonyl (C=O) groups excluding carboxylic acids is 1. The zero-order valence-corrected chi connectivity index (χ0v) is 9.27. The van der Waals surface area contributed by atoms with E-state index in [-0.39, 0.29) is 0 Å². The highest BCUT2D eigenvalue weighted by atomic mass is 16.4. The van der Waals surface area contributed by atoms with Gasteiger partial charge in [-0.25, -0.2) is 4.79 Å². The summed E-state index contributed by atoms with van der Waals surface area (Å²) in [5.41, 5.74) is 2.01. The molecule has 0 saturated heterocycles. The molecular weight excluding hydrogens is 224 g/mol. The normalized spacial score (nSPS) is 10.7. The van der Waals surface area contributed by atoms with Crippen molar-refractivity contribution >= 4 is 17.0 Å². The highest BCUT2D eigenvalue weighted by Crippen LogP contribution is 2.13. The van der Waals surface area contributed by atoms with E-state index in [1.54, 1.807) is 25.2 Å². The lowest BCUT2D eigenvalue weighted by Gasteiger charge is -2.03.